The molecule has 0 spiro atoms. The maximum Gasteiger partial charge on any atom is 0.255 e. The third-order valence-electron chi connectivity index (χ3n) is 3.96. The van der Waals surface area contributed by atoms with Gasteiger partial charge in [0.05, 0.1) is 11.7 Å². The van der Waals surface area contributed by atoms with Crippen molar-refractivity contribution in [2.45, 2.75) is 12.8 Å². The van der Waals surface area contributed by atoms with Gasteiger partial charge < -0.3 is 10.6 Å². The van der Waals surface area contributed by atoms with E-state index in [1.807, 2.05) is 24.3 Å². The predicted octanol–water partition coefficient (Wildman–Crippen LogP) is 2.70. The second-order valence-electron chi connectivity index (χ2n) is 5.55. The molecule has 1 aliphatic heterocycles. The van der Waals surface area contributed by atoms with Gasteiger partial charge in [-0.3, -0.25) is 14.7 Å². The summed E-state index contributed by atoms with van der Waals surface area (Å²) in [4.78, 5) is 23.8. The third-order valence-corrected chi connectivity index (χ3v) is 3.96. The minimum absolute atomic E-state index is 0.0163. The molecular weight excluding hydrogens is 292 g/mol. The van der Waals surface area contributed by atoms with E-state index >= 15 is 0 Å². The van der Waals surface area contributed by atoms with Crippen molar-refractivity contribution >= 4 is 34.1 Å². The van der Waals surface area contributed by atoms with Crippen LogP contribution in [0.4, 0.5) is 11.4 Å². The monoisotopic (exact) mass is 306 g/mol. The Kier molecular flexibility index (Phi) is 3.08. The third kappa shape index (κ3) is 2.55. The lowest BCUT2D eigenvalue weighted by molar-refractivity contribution is -0.116. The fourth-order valence-electron chi connectivity index (χ4n) is 2.74. The molecule has 0 aliphatic carbocycles. The number of H-pyrrole nitrogens is 1. The smallest absolute Gasteiger partial charge is 0.255 e. The molecule has 0 saturated heterocycles. The predicted molar refractivity (Wildman–Crippen MR) is 87.4 cm³/mol. The van der Waals surface area contributed by atoms with Crippen molar-refractivity contribution in [2.75, 3.05) is 10.6 Å². The number of anilines is 2. The van der Waals surface area contributed by atoms with Crippen LogP contribution in [-0.2, 0) is 11.2 Å². The number of rotatable bonds is 2. The van der Waals surface area contributed by atoms with Gasteiger partial charge in [0.15, 0.2) is 0 Å². The fourth-order valence-corrected chi connectivity index (χ4v) is 2.74. The van der Waals surface area contributed by atoms with E-state index in [4.69, 9.17) is 0 Å². The molecule has 1 aromatic heterocycles. The van der Waals surface area contributed by atoms with Crippen LogP contribution in [0.15, 0.2) is 42.6 Å². The number of carbonyl (C=O) groups excluding carboxylic acids is 2. The molecule has 23 heavy (non-hydrogen) atoms. The lowest BCUT2D eigenvalue weighted by Crippen LogP contribution is -2.20. The quantitative estimate of drug-likeness (QED) is 0.680. The molecular formula is C17H14N4O2. The number of carbonyl (C=O) groups is 2. The van der Waals surface area contributed by atoms with Crippen molar-refractivity contribution in [1.82, 2.24) is 10.2 Å². The van der Waals surface area contributed by atoms with E-state index in [0.717, 1.165) is 22.2 Å². The van der Waals surface area contributed by atoms with Crippen LogP contribution in [0.2, 0.25) is 0 Å². The van der Waals surface area contributed by atoms with E-state index in [1.165, 1.54) is 0 Å². The molecule has 0 radical (unpaired) electrons. The van der Waals surface area contributed by atoms with E-state index in [2.05, 4.69) is 20.8 Å². The molecule has 0 saturated carbocycles. The average Bonchev–Trinajstić information content (AvgIpc) is 3.02. The summed E-state index contributed by atoms with van der Waals surface area (Å²) in [5.74, 6) is -0.161. The highest BCUT2D eigenvalue weighted by Crippen LogP contribution is 2.24. The van der Waals surface area contributed by atoms with E-state index in [9.17, 15) is 9.59 Å². The Bertz CT molecular complexity index is 929. The summed E-state index contributed by atoms with van der Waals surface area (Å²) in [6.07, 6.45) is 2.84. The number of fused-ring (bicyclic) bond motifs is 2. The molecule has 2 amide bonds. The van der Waals surface area contributed by atoms with Gasteiger partial charge in [-0.1, -0.05) is 0 Å². The van der Waals surface area contributed by atoms with Crippen molar-refractivity contribution in [3.05, 3.63) is 53.7 Å². The van der Waals surface area contributed by atoms with Gasteiger partial charge in [0, 0.05) is 28.7 Å². The maximum absolute atomic E-state index is 12.4. The van der Waals surface area contributed by atoms with Crippen LogP contribution in [0, 0.1) is 0 Å². The van der Waals surface area contributed by atoms with Gasteiger partial charge in [-0.25, -0.2) is 0 Å². The molecule has 114 valence electrons. The van der Waals surface area contributed by atoms with Crippen LogP contribution in [0.3, 0.4) is 0 Å². The molecule has 3 N–H and O–H groups in total. The minimum atomic E-state index is -0.177. The van der Waals surface area contributed by atoms with Gasteiger partial charge in [0.25, 0.3) is 5.91 Å². The highest BCUT2D eigenvalue weighted by Gasteiger charge is 2.16. The maximum atomic E-state index is 12.4. The number of amides is 2. The molecule has 6 heteroatoms. The van der Waals surface area contributed by atoms with Gasteiger partial charge in [0.2, 0.25) is 5.91 Å². The van der Waals surface area contributed by atoms with E-state index in [1.54, 1.807) is 18.3 Å². The zero-order valence-corrected chi connectivity index (χ0v) is 12.2. The Morgan fingerprint density at radius 2 is 2.04 bits per heavy atom. The standard InChI is InChI=1S/C17H14N4O2/c22-16-6-3-10-7-11(2-5-14(10)20-16)17(23)19-13-4-1-12-9-18-21-15(12)8-13/h1-2,4-5,7-9H,3,6H2,(H,18,21)(H,19,23)(H,20,22). The number of hydrogen-bond acceptors (Lipinski definition) is 3. The van der Waals surface area contributed by atoms with E-state index in [0.29, 0.717) is 24.1 Å². The van der Waals surface area contributed by atoms with Crippen molar-refractivity contribution < 1.29 is 9.59 Å². The lowest BCUT2D eigenvalue weighted by Gasteiger charge is -2.17. The average molecular weight is 306 g/mol. The number of nitrogens with zero attached hydrogens (tertiary/aromatic N) is 1. The molecule has 0 fully saturated rings. The molecule has 2 aromatic carbocycles. The zero-order valence-electron chi connectivity index (χ0n) is 12.2. The van der Waals surface area contributed by atoms with Crippen molar-refractivity contribution in [3.63, 3.8) is 0 Å². The van der Waals surface area contributed by atoms with Crippen LogP contribution in [0.25, 0.3) is 10.9 Å². The lowest BCUT2D eigenvalue weighted by atomic mass is 10.00. The van der Waals surface area contributed by atoms with Gasteiger partial charge in [-0.05, 0) is 48.4 Å². The second kappa shape index (κ2) is 5.24. The number of benzene rings is 2. The first-order valence-electron chi connectivity index (χ1n) is 7.36. The summed E-state index contributed by atoms with van der Waals surface area (Å²) < 4.78 is 0. The largest absolute Gasteiger partial charge is 0.326 e. The molecule has 1 aliphatic rings. The zero-order chi connectivity index (χ0) is 15.8. The summed E-state index contributed by atoms with van der Waals surface area (Å²) in [5.41, 5.74) is 3.93. The van der Waals surface area contributed by atoms with Crippen LogP contribution < -0.4 is 10.6 Å². The van der Waals surface area contributed by atoms with E-state index in [-0.39, 0.29) is 11.8 Å². The van der Waals surface area contributed by atoms with Crippen LogP contribution in [0.1, 0.15) is 22.3 Å². The van der Waals surface area contributed by atoms with Crippen molar-refractivity contribution in [1.29, 1.82) is 0 Å². The number of aromatic amines is 1. The van der Waals surface area contributed by atoms with Gasteiger partial charge in [-0.15, -0.1) is 0 Å². The molecule has 2 heterocycles. The Labute approximate surface area is 131 Å². The van der Waals surface area contributed by atoms with Crippen molar-refractivity contribution in [2.24, 2.45) is 0 Å². The van der Waals surface area contributed by atoms with E-state index < -0.39 is 0 Å². The number of nitrogens with one attached hydrogen (secondary N) is 3. The molecule has 0 unspecified atom stereocenters. The van der Waals surface area contributed by atoms with Crippen molar-refractivity contribution in [3.8, 4) is 0 Å². The summed E-state index contributed by atoms with van der Waals surface area (Å²) in [5, 5.41) is 13.5. The second-order valence-corrected chi connectivity index (χ2v) is 5.55. The topological polar surface area (TPSA) is 86.9 Å². The highest BCUT2D eigenvalue weighted by molar-refractivity contribution is 6.06. The minimum Gasteiger partial charge on any atom is -0.326 e. The van der Waals surface area contributed by atoms with Gasteiger partial charge in [0.1, 0.15) is 0 Å². The number of hydrogen-bond donors (Lipinski definition) is 3. The molecule has 4 rings (SSSR count). The molecule has 6 nitrogen and oxygen atoms in total. The normalized spacial score (nSPS) is 13.5. The van der Waals surface area contributed by atoms with Crippen LogP contribution in [-0.4, -0.2) is 22.0 Å². The Morgan fingerprint density at radius 3 is 2.96 bits per heavy atom. The Hall–Kier alpha value is -3.15. The molecule has 0 atom stereocenters. The fraction of sp³-hybridized carbons (Fsp3) is 0.118. The summed E-state index contributed by atoms with van der Waals surface area (Å²) in [6, 6.07) is 10.9. The SMILES string of the molecule is O=C1CCc2cc(C(=O)Nc3ccc4cn[nH]c4c3)ccc2N1. The number of aromatic nitrogens is 2. The summed E-state index contributed by atoms with van der Waals surface area (Å²) >= 11 is 0. The Balaban J connectivity index is 1.58. The van der Waals surface area contributed by atoms with Gasteiger partial charge in [-0.2, -0.15) is 5.10 Å². The first-order valence-corrected chi connectivity index (χ1v) is 7.36. The Morgan fingerprint density at radius 1 is 1.13 bits per heavy atom. The first-order chi connectivity index (χ1) is 11.2. The highest BCUT2D eigenvalue weighted by atomic mass is 16.2. The van der Waals surface area contributed by atoms with Crippen LogP contribution >= 0.6 is 0 Å². The molecule has 3 aromatic rings. The van der Waals surface area contributed by atoms with Gasteiger partial charge >= 0.3 is 0 Å². The van der Waals surface area contributed by atoms with Crippen LogP contribution in [0.5, 0.6) is 0 Å². The molecule has 0 bridgehead atoms. The first kappa shape index (κ1) is 13.5. The summed E-state index contributed by atoms with van der Waals surface area (Å²) in [7, 11) is 0. The number of aryl methyl sites for hydroxylation is 1. The summed E-state index contributed by atoms with van der Waals surface area (Å²) in [6.45, 7) is 0.